The molecule has 1 aliphatic rings. The molecule has 2 aromatic carbocycles. The molecule has 2 N–H and O–H groups in total. The van der Waals surface area contributed by atoms with Crippen molar-refractivity contribution in [3.05, 3.63) is 59.2 Å². The van der Waals surface area contributed by atoms with Crippen LogP contribution in [0.5, 0.6) is 5.75 Å². The summed E-state index contributed by atoms with van der Waals surface area (Å²) in [7, 11) is -3.57. The van der Waals surface area contributed by atoms with E-state index in [4.69, 9.17) is 9.84 Å². The van der Waals surface area contributed by atoms with E-state index in [9.17, 15) is 13.2 Å². The Labute approximate surface area is 152 Å². The van der Waals surface area contributed by atoms with Crippen molar-refractivity contribution in [2.45, 2.75) is 30.6 Å². The smallest absolute Gasteiger partial charge is 0.307 e. The summed E-state index contributed by atoms with van der Waals surface area (Å²) >= 11 is 0. The molecule has 0 radical (unpaired) electrons. The molecule has 7 heteroatoms. The first-order valence-electron chi connectivity index (χ1n) is 8.39. The molecule has 6 nitrogen and oxygen atoms in total. The van der Waals surface area contributed by atoms with Crippen molar-refractivity contribution in [2.75, 3.05) is 13.2 Å². The van der Waals surface area contributed by atoms with Crippen LogP contribution in [0.3, 0.4) is 0 Å². The molecule has 0 saturated heterocycles. The number of fused-ring (bicyclic) bond motifs is 1. The Hall–Kier alpha value is -2.38. The highest BCUT2D eigenvalue weighted by Crippen LogP contribution is 2.34. The zero-order valence-corrected chi connectivity index (χ0v) is 15.3. The van der Waals surface area contributed by atoms with Gasteiger partial charge in [-0.1, -0.05) is 29.8 Å². The molecule has 0 fully saturated rings. The number of hydrogen-bond donors (Lipinski definition) is 2. The fraction of sp³-hybridized carbons (Fsp3) is 0.316. The first-order chi connectivity index (χ1) is 12.3. The number of benzene rings is 2. The molecule has 3 rings (SSSR count). The first-order valence-corrected chi connectivity index (χ1v) is 9.87. The number of ether oxygens (including phenoxy) is 1. The average Bonchev–Trinajstić information content (AvgIpc) is 2.59. The van der Waals surface area contributed by atoms with Crippen LogP contribution in [-0.4, -0.2) is 32.6 Å². The normalized spacial score (nSPS) is 16.6. The first kappa shape index (κ1) is 18.4. The standard InChI is InChI=1S/C19H21NO5S/c1-13-2-5-16(6-3-13)26(23,24)20-12-15-8-9-25-18-10-14(11-19(21)22)4-7-17(15)18/h2-7,10,15,20H,8-9,11-12H2,1H3,(H,21,22). The fourth-order valence-electron chi connectivity index (χ4n) is 3.02. The zero-order valence-electron chi connectivity index (χ0n) is 14.4. The van der Waals surface area contributed by atoms with Gasteiger partial charge >= 0.3 is 5.97 Å². The van der Waals surface area contributed by atoms with Crippen molar-refractivity contribution in [1.29, 1.82) is 0 Å². The van der Waals surface area contributed by atoms with Gasteiger partial charge in [-0.05, 0) is 42.7 Å². The number of sulfonamides is 1. The van der Waals surface area contributed by atoms with E-state index >= 15 is 0 Å². The summed E-state index contributed by atoms with van der Waals surface area (Å²) in [4.78, 5) is 11.1. The van der Waals surface area contributed by atoms with Crippen LogP contribution in [0.4, 0.5) is 0 Å². The second-order valence-electron chi connectivity index (χ2n) is 6.44. The Bertz CT molecular complexity index is 906. The molecule has 1 heterocycles. The highest BCUT2D eigenvalue weighted by Gasteiger charge is 2.24. The molecule has 0 bridgehead atoms. The summed E-state index contributed by atoms with van der Waals surface area (Å²) in [5.74, 6) is -0.282. The lowest BCUT2D eigenvalue weighted by molar-refractivity contribution is -0.136. The van der Waals surface area contributed by atoms with Crippen LogP contribution in [-0.2, 0) is 21.2 Å². The van der Waals surface area contributed by atoms with Gasteiger partial charge in [-0.2, -0.15) is 0 Å². The molecule has 1 atom stereocenters. The second kappa shape index (κ2) is 7.47. The molecule has 1 unspecified atom stereocenters. The van der Waals surface area contributed by atoms with E-state index in [1.807, 2.05) is 13.0 Å². The number of aryl methyl sites for hydroxylation is 1. The maximum atomic E-state index is 12.5. The molecule has 0 spiro atoms. The summed E-state index contributed by atoms with van der Waals surface area (Å²) < 4.78 is 33.2. The average molecular weight is 375 g/mol. The second-order valence-corrected chi connectivity index (χ2v) is 8.21. The topological polar surface area (TPSA) is 92.7 Å². The molecule has 2 aromatic rings. The number of rotatable bonds is 6. The number of hydrogen-bond acceptors (Lipinski definition) is 4. The van der Waals surface area contributed by atoms with Gasteiger partial charge in [0.1, 0.15) is 5.75 Å². The highest BCUT2D eigenvalue weighted by atomic mass is 32.2. The Morgan fingerprint density at radius 3 is 2.65 bits per heavy atom. The number of aliphatic carboxylic acids is 1. The van der Waals surface area contributed by atoms with E-state index in [0.29, 0.717) is 24.3 Å². The molecular weight excluding hydrogens is 354 g/mol. The lowest BCUT2D eigenvalue weighted by atomic mass is 9.92. The van der Waals surface area contributed by atoms with Gasteiger partial charge in [-0.3, -0.25) is 4.79 Å². The molecule has 0 aliphatic carbocycles. The van der Waals surface area contributed by atoms with Crippen molar-refractivity contribution < 1.29 is 23.1 Å². The van der Waals surface area contributed by atoms with Crippen LogP contribution in [0.25, 0.3) is 0 Å². The minimum absolute atomic E-state index is 0.0159. The summed E-state index contributed by atoms with van der Waals surface area (Å²) in [5.41, 5.74) is 2.56. The van der Waals surface area contributed by atoms with Gasteiger partial charge in [0.2, 0.25) is 10.0 Å². The Kier molecular flexibility index (Phi) is 5.29. The molecule has 1 aliphatic heterocycles. The number of carboxylic acids is 1. The van der Waals surface area contributed by atoms with Crippen LogP contribution in [0, 0.1) is 6.92 Å². The quantitative estimate of drug-likeness (QED) is 0.809. The van der Waals surface area contributed by atoms with E-state index in [1.165, 1.54) is 0 Å². The fourth-order valence-corrected chi connectivity index (χ4v) is 4.10. The zero-order chi connectivity index (χ0) is 18.7. The van der Waals surface area contributed by atoms with Gasteiger partial charge in [0.15, 0.2) is 0 Å². The van der Waals surface area contributed by atoms with E-state index in [2.05, 4.69) is 4.72 Å². The van der Waals surface area contributed by atoms with Crippen LogP contribution in [0.15, 0.2) is 47.4 Å². The Balaban J connectivity index is 1.74. The van der Waals surface area contributed by atoms with Crippen molar-refractivity contribution >= 4 is 16.0 Å². The summed E-state index contributed by atoms with van der Waals surface area (Å²) in [6.07, 6.45) is 0.628. The third-order valence-electron chi connectivity index (χ3n) is 4.45. The minimum atomic E-state index is -3.57. The molecular formula is C19H21NO5S. The largest absolute Gasteiger partial charge is 0.493 e. The molecule has 0 saturated carbocycles. The van der Waals surface area contributed by atoms with Gasteiger partial charge in [0.25, 0.3) is 0 Å². The SMILES string of the molecule is Cc1ccc(S(=O)(=O)NCC2CCOc3cc(CC(=O)O)ccc32)cc1. The molecule has 138 valence electrons. The number of nitrogens with one attached hydrogen (secondary N) is 1. The predicted octanol–water partition coefficient (Wildman–Crippen LogP) is 2.47. The van der Waals surface area contributed by atoms with E-state index in [0.717, 1.165) is 11.1 Å². The molecule has 0 aromatic heterocycles. The van der Waals surface area contributed by atoms with Gasteiger partial charge in [0.05, 0.1) is 17.9 Å². The molecule has 26 heavy (non-hydrogen) atoms. The van der Waals surface area contributed by atoms with Crippen LogP contribution in [0.2, 0.25) is 0 Å². The summed E-state index contributed by atoms with van der Waals surface area (Å²) in [6, 6.07) is 12.0. The van der Waals surface area contributed by atoms with Gasteiger partial charge in [-0.25, -0.2) is 13.1 Å². The van der Waals surface area contributed by atoms with Gasteiger partial charge in [0, 0.05) is 12.5 Å². The number of carboxylic acid groups (broad SMARTS) is 1. The van der Waals surface area contributed by atoms with Crippen LogP contribution in [0.1, 0.15) is 29.0 Å². The Morgan fingerprint density at radius 2 is 1.96 bits per heavy atom. The monoisotopic (exact) mass is 375 g/mol. The third kappa shape index (κ3) is 4.23. The number of carbonyl (C=O) groups is 1. The van der Waals surface area contributed by atoms with Gasteiger partial charge < -0.3 is 9.84 Å². The molecule has 0 amide bonds. The van der Waals surface area contributed by atoms with Crippen LogP contribution < -0.4 is 9.46 Å². The van der Waals surface area contributed by atoms with Crippen molar-refractivity contribution in [2.24, 2.45) is 0 Å². The lowest BCUT2D eigenvalue weighted by Gasteiger charge is -2.26. The van der Waals surface area contributed by atoms with Crippen molar-refractivity contribution in [3.63, 3.8) is 0 Å². The Morgan fingerprint density at radius 1 is 1.23 bits per heavy atom. The maximum Gasteiger partial charge on any atom is 0.307 e. The van der Waals surface area contributed by atoms with Crippen LogP contribution >= 0.6 is 0 Å². The summed E-state index contributed by atoms with van der Waals surface area (Å²) in [6.45, 7) is 2.65. The lowest BCUT2D eigenvalue weighted by Crippen LogP contribution is -2.31. The van der Waals surface area contributed by atoms with E-state index in [-0.39, 0.29) is 23.8 Å². The highest BCUT2D eigenvalue weighted by molar-refractivity contribution is 7.89. The minimum Gasteiger partial charge on any atom is -0.493 e. The predicted molar refractivity (Wildman–Crippen MR) is 97.0 cm³/mol. The van der Waals surface area contributed by atoms with Crippen molar-refractivity contribution in [3.8, 4) is 5.75 Å². The maximum absolute atomic E-state index is 12.5. The summed E-state index contributed by atoms with van der Waals surface area (Å²) in [5, 5.41) is 8.90. The third-order valence-corrected chi connectivity index (χ3v) is 5.89. The van der Waals surface area contributed by atoms with E-state index < -0.39 is 16.0 Å². The van der Waals surface area contributed by atoms with Crippen molar-refractivity contribution in [1.82, 2.24) is 4.72 Å². The van der Waals surface area contributed by atoms with E-state index in [1.54, 1.807) is 36.4 Å². The van der Waals surface area contributed by atoms with Gasteiger partial charge in [-0.15, -0.1) is 0 Å².